The summed E-state index contributed by atoms with van der Waals surface area (Å²) in [5.41, 5.74) is 4.99. The first kappa shape index (κ1) is 25.1. The Morgan fingerprint density at radius 1 is 1.03 bits per heavy atom. The Balaban J connectivity index is 1.20. The summed E-state index contributed by atoms with van der Waals surface area (Å²) in [7, 11) is 1.54. The van der Waals surface area contributed by atoms with Crippen molar-refractivity contribution in [2.24, 2.45) is 11.8 Å². The van der Waals surface area contributed by atoms with Crippen molar-refractivity contribution in [3.05, 3.63) is 94.3 Å². The number of aromatic nitrogens is 1. The number of benzene rings is 2. The van der Waals surface area contributed by atoms with Gasteiger partial charge in [-0.25, -0.2) is 9.78 Å². The highest BCUT2D eigenvalue weighted by Gasteiger charge is 2.54. The van der Waals surface area contributed by atoms with Crippen molar-refractivity contribution in [1.29, 1.82) is 0 Å². The van der Waals surface area contributed by atoms with Crippen LogP contribution < -0.4 is 15.5 Å². The molecule has 9 nitrogen and oxygen atoms in total. The molecule has 2 unspecified atom stereocenters. The molecule has 9 heteroatoms. The van der Waals surface area contributed by atoms with Crippen LogP contribution in [0.2, 0.25) is 0 Å². The van der Waals surface area contributed by atoms with Gasteiger partial charge in [0.15, 0.2) is 0 Å². The number of hydrogen-bond donors (Lipinski definition) is 2. The fourth-order valence-corrected chi connectivity index (χ4v) is 5.60. The van der Waals surface area contributed by atoms with Gasteiger partial charge in [-0.05, 0) is 41.3 Å². The summed E-state index contributed by atoms with van der Waals surface area (Å²) in [5.74, 6) is 0.188. The number of fused-ring (bicyclic) bond motifs is 2. The standard InChI is InChI=1S/C30H30N4O5/c1-31-29(36)25-14-20(28(35)33-27-23-16-38-17-24(23)27)13-21(32-25)12-19-8-5-9-26-22(19)10-11-34(26)30(37)39-15-18-6-3-2-4-7-18/h2-9,13-14,23-24,27H,10-12,15-17H2,1H3,(H,31,36)(H,33,35). The maximum Gasteiger partial charge on any atom is 0.414 e. The molecule has 0 bridgehead atoms. The molecule has 2 N–H and O–H groups in total. The quantitative estimate of drug-likeness (QED) is 0.490. The molecule has 0 spiro atoms. The normalized spacial score (nSPS) is 20.6. The first-order valence-electron chi connectivity index (χ1n) is 13.2. The predicted molar refractivity (Wildman–Crippen MR) is 144 cm³/mol. The number of rotatable bonds is 7. The second kappa shape index (κ2) is 10.5. The average molecular weight is 527 g/mol. The van der Waals surface area contributed by atoms with Gasteiger partial charge in [-0.15, -0.1) is 0 Å². The van der Waals surface area contributed by atoms with E-state index in [0.29, 0.717) is 55.7 Å². The van der Waals surface area contributed by atoms with E-state index in [4.69, 9.17) is 9.47 Å². The summed E-state index contributed by atoms with van der Waals surface area (Å²) in [5, 5.41) is 5.69. The van der Waals surface area contributed by atoms with E-state index in [-0.39, 0.29) is 36.3 Å². The summed E-state index contributed by atoms with van der Waals surface area (Å²) in [6.45, 7) is 2.08. The van der Waals surface area contributed by atoms with Crippen LogP contribution in [0, 0.1) is 11.8 Å². The zero-order valence-electron chi connectivity index (χ0n) is 21.7. The van der Waals surface area contributed by atoms with Crippen LogP contribution in [0.4, 0.5) is 10.5 Å². The Labute approximate surface area is 226 Å². The van der Waals surface area contributed by atoms with Gasteiger partial charge >= 0.3 is 6.09 Å². The van der Waals surface area contributed by atoms with Gasteiger partial charge in [0.1, 0.15) is 12.3 Å². The number of anilines is 1. The number of pyridine rings is 1. The van der Waals surface area contributed by atoms with Crippen molar-refractivity contribution in [2.75, 3.05) is 31.7 Å². The van der Waals surface area contributed by atoms with E-state index in [1.165, 1.54) is 13.1 Å². The number of hydrogen-bond acceptors (Lipinski definition) is 6. The number of amides is 3. The van der Waals surface area contributed by atoms with Gasteiger partial charge in [0, 0.05) is 49.1 Å². The SMILES string of the molecule is CNC(=O)c1cc(C(=O)NC2C3COCC32)cc(Cc2cccc3c2CCN3C(=O)OCc2ccccc2)n1. The second-order valence-corrected chi connectivity index (χ2v) is 10.2. The summed E-state index contributed by atoms with van der Waals surface area (Å²) in [6, 6.07) is 18.8. The molecule has 2 aromatic carbocycles. The fraction of sp³-hybridized carbons (Fsp3) is 0.333. The third-order valence-electron chi connectivity index (χ3n) is 7.77. The summed E-state index contributed by atoms with van der Waals surface area (Å²) in [4.78, 5) is 44.7. The molecule has 1 saturated carbocycles. The topological polar surface area (TPSA) is 110 Å². The van der Waals surface area contributed by atoms with Crippen molar-refractivity contribution in [3.63, 3.8) is 0 Å². The number of ether oxygens (including phenoxy) is 2. The van der Waals surface area contributed by atoms with E-state index < -0.39 is 0 Å². The third kappa shape index (κ3) is 5.09. The highest BCUT2D eigenvalue weighted by atomic mass is 16.6. The van der Waals surface area contributed by atoms with Crippen LogP contribution in [0.15, 0.2) is 60.7 Å². The van der Waals surface area contributed by atoms with Crippen LogP contribution in [0.3, 0.4) is 0 Å². The predicted octanol–water partition coefficient (Wildman–Crippen LogP) is 3.11. The zero-order chi connectivity index (χ0) is 26.9. The monoisotopic (exact) mass is 526 g/mol. The van der Waals surface area contributed by atoms with Gasteiger partial charge in [-0.3, -0.25) is 14.5 Å². The Hall–Kier alpha value is -4.24. The highest BCUT2D eigenvalue weighted by Crippen LogP contribution is 2.44. The zero-order valence-corrected chi connectivity index (χ0v) is 21.7. The van der Waals surface area contributed by atoms with E-state index in [2.05, 4.69) is 15.6 Å². The molecular formula is C30H30N4O5. The van der Waals surface area contributed by atoms with Gasteiger partial charge in [0.25, 0.3) is 11.8 Å². The molecule has 0 radical (unpaired) electrons. The van der Waals surface area contributed by atoms with Crippen molar-refractivity contribution in [1.82, 2.24) is 15.6 Å². The largest absolute Gasteiger partial charge is 0.444 e. The highest BCUT2D eigenvalue weighted by molar-refractivity contribution is 5.99. The smallest absolute Gasteiger partial charge is 0.414 e. The number of carbonyl (C=O) groups is 3. The first-order valence-corrected chi connectivity index (χ1v) is 13.2. The van der Waals surface area contributed by atoms with E-state index in [1.54, 1.807) is 11.0 Å². The molecule has 3 aliphatic rings. The minimum absolute atomic E-state index is 0.122. The van der Waals surface area contributed by atoms with Crippen molar-refractivity contribution >= 4 is 23.6 Å². The molecular weight excluding hydrogens is 496 g/mol. The molecule has 1 aromatic heterocycles. The summed E-state index contributed by atoms with van der Waals surface area (Å²) in [6.07, 6.45) is 0.716. The van der Waals surface area contributed by atoms with Gasteiger partial charge in [0.05, 0.1) is 18.9 Å². The second-order valence-electron chi connectivity index (χ2n) is 10.2. The fourth-order valence-electron chi connectivity index (χ4n) is 5.60. The third-order valence-corrected chi connectivity index (χ3v) is 7.77. The lowest BCUT2D eigenvalue weighted by Gasteiger charge is -2.18. The molecule has 3 aromatic rings. The van der Waals surface area contributed by atoms with Crippen LogP contribution >= 0.6 is 0 Å². The van der Waals surface area contributed by atoms with E-state index >= 15 is 0 Å². The maximum absolute atomic E-state index is 13.1. The van der Waals surface area contributed by atoms with E-state index in [0.717, 1.165) is 22.4 Å². The molecule has 2 fully saturated rings. The average Bonchev–Trinajstić information content (AvgIpc) is 3.31. The minimum atomic E-state index is -0.385. The van der Waals surface area contributed by atoms with Crippen LogP contribution in [0.1, 0.15) is 43.2 Å². The molecule has 39 heavy (non-hydrogen) atoms. The first-order chi connectivity index (χ1) is 19.0. The van der Waals surface area contributed by atoms with Crippen LogP contribution in [0.25, 0.3) is 0 Å². The minimum Gasteiger partial charge on any atom is -0.444 e. The molecule has 2 aliphatic heterocycles. The van der Waals surface area contributed by atoms with Crippen molar-refractivity contribution in [2.45, 2.75) is 25.5 Å². The Kier molecular flexibility index (Phi) is 6.74. The molecule has 1 saturated heterocycles. The van der Waals surface area contributed by atoms with Crippen LogP contribution in [0.5, 0.6) is 0 Å². The molecule has 6 rings (SSSR count). The van der Waals surface area contributed by atoms with Gasteiger partial charge < -0.3 is 20.1 Å². The van der Waals surface area contributed by atoms with Gasteiger partial charge in [-0.1, -0.05) is 42.5 Å². The molecule has 3 amide bonds. The summed E-state index contributed by atoms with van der Waals surface area (Å²) >= 11 is 0. The van der Waals surface area contributed by atoms with E-state index in [9.17, 15) is 14.4 Å². The number of nitrogens with zero attached hydrogens (tertiary/aromatic N) is 2. The molecule has 3 heterocycles. The molecule has 1 aliphatic carbocycles. The van der Waals surface area contributed by atoms with Crippen molar-refractivity contribution in [3.8, 4) is 0 Å². The van der Waals surface area contributed by atoms with Crippen molar-refractivity contribution < 1.29 is 23.9 Å². The van der Waals surface area contributed by atoms with Gasteiger partial charge in [0.2, 0.25) is 0 Å². The Morgan fingerprint density at radius 2 is 1.82 bits per heavy atom. The lowest BCUT2D eigenvalue weighted by molar-refractivity contribution is 0.0928. The van der Waals surface area contributed by atoms with E-state index in [1.807, 2.05) is 48.5 Å². The van der Waals surface area contributed by atoms with Gasteiger partial charge in [-0.2, -0.15) is 0 Å². The Morgan fingerprint density at radius 3 is 2.59 bits per heavy atom. The van der Waals surface area contributed by atoms with Crippen LogP contribution in [-0.2, 0) is 28.9 Å². The Bertz CT molecular complexity index is 1420. The lowest BCUT2D eigenvalue weighted by Crippen LogP contribution is -2.30. The maximum atomic E-state index is 13.1. The number of carbonyl (C=O) groups excluding carboxylic acids is 3. The number of nitrogens with one attached hydrogen (secondary N) is 2. The lowest BCUT2D eigenvalue weighted by atomic mass is 9.99. The molecule has 200 valence electrons. The molecule has 2 atom stereocenters. The summed E-state index contributed by atoms with van der Waals surface area (Å²) < 4.78 is 11.0. The van der Waals surface area contributed by atoms with Crippen LogP contribution in [-0.4, -0.2) is 55.7 Å².